The molecule has 0 aliphatic rings. The zero-order valence-electron chi connectivity index (χ0n) is 6.77. The predicted octanol–water partition coefficient (Wildman–Crippen LogP) is 2.32. The van der Waals surface area contributed by atoms with Crippen LogP contribution in [0.25, 0.3) is 12.2 Å². The zero-order chi connectivity index (χ0) is 8.81. The van der Waals surface area contributed by atoms with Gasteiger partial charge < -0.3 is 0 Å². The Morgan fingerprint density at radius 3 is 2.83 bits per heavy atom. The van der Waals surface area contributed by atoms with Gasteiger partial charge in [-0.1, -0.05) is 31.4 Å². The summed E-state index contributed by atoms with van der Waals surface area (Å²) in [6, 6.07) is 0. The molecule has 0 fully saturated rings. The molecule has 0 atom stereocenters. The quantitative estimate of drug-likeness (QED) is 0.631. The number of aromatic nitrogens is 2. The molecule has 0 amide bonds. The second-order valence-corrected chi connectivity index (χ2v) is 2.16. The van der Waals surface area contributed by atoms with Crippen molar-refractivity contribution < 1.29 is 0 Å². The number of allylic oxidation sites excluding steroid dienone is 2. The van der Waals surface area contributed by atoms with Crippen LogP contribution < -0.4 is 0 Å². The van der Waals surface area contributed by atoms with Gasteiger partial charge in [-0.25, -0.2) is 9.97 Å². The fraction of sp³-hybridized carbons (Fsp3) is 0. The van der Waals surface area contributed by atoms with Crippen molar-refractivity contribution in [2.24, 2.45) is 0 Å². The van der Waals surface area contributed by atoms with Crippen LogP contribution in [0.5, 0.6) is 0 Å². The fourth-order valence-electron chi connectivity index (χ4n) is 0.821. The van der Waals surface area contributed by atoms with Gasteiger partial charge in [-0.3, -0.25) is 0 Å². The molecule has 0 saturated carbocycles. The van der Waals surface area contributed by atoms with Crippen molar-refractivity contribution in [3.05, 3.63) is 49.1 Å². The Morgan fingerprint density at radius 2 is 2.17 bits per heavy atom. The largest absolute Gasteiger partial charge is 0.244 e. The van der Waals surface area contributed by atoms with E-state index in [2.05, 4.69) is 23.1 Å². The van der Waals surface area contributed by atoms with Crippen LogP contribution in [0.15, 0.2) is 37.8 Å². The molecule has 1 heterocycles. The number of nitrogens with zero attached hydrogens (tertiary/aromatic N) is 2. The zero-order valence-corrected chi connectivity index (χ0v) is 6.77. The summed E-state index contributed by atoms with van der Waals surface area (Å²) in [5.41, 5.74) is 1.79. The maximum Gasteiger partial charge on any atom is 0.116 e. The standard InChI is InChI=1S/C10H10N2/c1-3-5-6-9-7-11-8-12-10(9)4-2/h3-8H,1-2H2/b6-5-. The highest BCUT2D eigenvalue weighted by atomic mass is 14.8. The van der Waals surface area contributed by atoms with E-state index in [-0.39, 0.29) is 0 Å². The molecule has 0 spiro atoms. The van der Waals surface area contributed by atoms with Crippen molar-refractivity contribution in [2.75, 3.05) is 0 Å². The molecular weight excluding hydrogens is 148 g/mol. The smallest absolute Gasteiger partial charge is 0.116 e. The highest BCUT2D eigenvalue weighted by molar-refractivity contribution is 5.61. The van der Waals surface area contributed by atoms with Gasteiger partial charge in [0, 0.05) is 11.8 Å². The molecule has 1 rings (SSSR count). The minimum absolute atomic E-state index is 0.836. The summed E-state index contributed by atoms with van der Waals surface area (Å²) in [5.74, 6) is 0. The van der Waals surface area contributed by atoms with Crippen LogP contribution in [0.3, 0.4) is 0 Å². The summed E-state index contributed by atoms with van der Waals surface area (Å²) in [4.78, 5) is 7.94. The molecule has 12 heavy (non-hydrogen) atoms. The molecule has 0 saturated heterocycles. The van der Waals surface area contributed by atoms with Gasteiger partial charge in [0.05, 0.1) is 5.69 Å². The van der Waals surface area contributed by atoms with E-state index in [1.54, 1.807) is 18.3 Å². The molecule has 0 bridgehead atoms. The molecule has 0 radical (unpaired) electrons. The van der Waals surface area contributed by atoms with E-state index in [0.29, 0.717) is 0 Å². The van der Waals surface area contributed by atoms with Crippen molar-refractivity contribution in [1.82, 2.24) is 9.97 Å². The van der Waals surface area contributed by atoms with E-state index in [1.165, 1.54) is 6.33 Å². The van der Waals surface area contributed by atoms with E-state index < -0.39 is 0 Å². The second kappa shape index (κ2) is 4.23. The van der Waals surface area contributed by atoms with Crippen LogP contribution >= 0.6 is 0 Å². The molecule has 1 aromatic rings. The molecular formula is C10H10N2. The van der Waals surface area contributed by atoms with Crippen molar-refractivity contribution in [1.29, 1.82) is 0 Å². The minimum Gasteiger partial charge on any atom is -0.244 e. The Hall–Kier alpha value is -1.70. The summed E-state index contributed by atoms with van der Waals surface area (Å²) in [5, 5.41) is 0. The number of rotatable bonds is 3. The van der Waals surface area contributed by atoms with Crippen molar-refractivity contribution >= 4 is 12.2 Å². The minimum atomic E-state index is 0.836. The molecule has 2 heteroatoms. The highest BCUT2D eigenvalue weighted by Crippen LogP contribution is 2.06. The molecule has 2 nitrogen and oxygen atoms in total. The highest BCUT2D eigenvalue weighted by Gasteiger charge is 1.93. The first kappa shape index (κ1) is 8.40. The lowest BCUT2D eigenvalue weighted by molar-refractivity contribution is 1.14. The lowest BCUT2D eigenvalue weighted by Gasteiger charge is -1.95. The Balaban J connectivity index is 3.04. The van der Waals surface area contributed by atoms with Gasteiger partial charge >= 0.3 is 0 Å². The molecule has 0 aliphatic heterocycles. The van der Waals surface area contributed by atoms with Crippen molar-refractivity contribution in [3.63, 3.8) is 0 Å². The van der Waals surface area contributed by atoms with Crippen molar-refractivity contribution in [3.8, 4) is 0 Å². The topological polar surface area (TPSA) is 25.8 Å². The predicted molar refractivity (Wildman–Crippen MR) is 51.4 cm³/mol. The van der Waals surface area contributed by atoms with Crippen molar-refractivity contribution in [2.45, 2.75) is 0 Å². The SMILES string of the molecule is C=C/C=C\c1cncnc1C=C. The Labute approximate surface area is 72.0 Å². The summed E-state index contributed by atoms with van der Waals surface area (Å²) in [7, 11) is 0. The van der Waals surface area contributed by atoms with E-state index in [9.17, 15) is 0 Å². The Kier molecular flexibility index (Phi) is 2.96. The molecule has 0 unspecified atom stereocenters. The van der Waals surface area contributed by atoms with E-state index >= 15 is 0 Å². The van der Waals surface area contributed by atoms with Gasteiger partial charge in [-0.2, -0.15) is 0 Å². The van der Waals surface area contributed by atoms with Gasteiger partial charge in [0.1, 0.15) is 6.33 Å². The molecule has 60 valence electrons. The fourth-order valence-corrected chi connectivity index (χ4v) is 0.821. The first-order valence-corrected chi connectivity index (χ1v) is 3.60. The average molecular weight is 158 g/mol. The van der Waals surface area contributed by atoms with Crippen LogP contribution in [-0.4, -0.2) is 9.97 Å². The van der Waals surface area contributed by atoms with Gasteiger partial charge in [0.25, 0.3) is 0 Å². The first-order chi connectivity index (χ1) is 5.88. The van der Waals surface area contributed by atoms with Crippen LogP contribution in [0.2, 0.25) is 0 Å². The molecule has 1 aromatic heterocycles. The van der Waals surface area contributed by atoms with Gasteiger partial charge in [0.15, 0.2) is 0 Å². The van der Waals surface area contributed by atoms with E-state index in [4.69, 9.17) is 0 Å². The lowest BCUT2D eigenvalue weighted by atomic mass is 10.2. The van der Waals surface area contributed by atoms with Crippen LogP contribution in [0.1, 0.15) is 11.3 Å². The summed E-state index contributed by atoms with van der Waals surface area (Å²) in [6.45, 7) is 7.23. The van der Waals surface area contributed by atoms with Crippen LogP contribution in [0.4, 0.5) is 0 Å². The molecule has 0 N–H and O–H groups in total. The van der Waals surface area contributed by atoms with Gasteiger partial charge in [-0.05, 0) is 6.08 Å². The Bertz CT molecular complexity index is 313. The van der Waals surface area contributed by atoms with E-state index in [0.717, 1.165) is 11.3 Å². The summed E-state index contributed by atoms with van der Waals surface area (Å²) < 4.78 is 0. The normalized spacial score (nSPS) is 10.0. The average Bonchev–Trinajstić information content (AvgIpc) is 2.15. The second-order valence-electron chi connectivity index (χ2n) is 2.16. The third kappa shape index (κ3) is 1.89. The van der Waals surface area contributed by atoms with Crippen LogP contribution in [-0.2, 0) is 0 Å². The van der Waals surface area contributed by atoms with E-state index in [1.807, 2.05) is 12.2 Å². The Morgan fingerprint density at radius 1 is 1.33 bits per heavy atom. The van der Waals surface area contributed by atoms with Crippen LogP contribution in [0, 0.1) is 0 Å². The maximum absolute atomic E-state index is 4.04. The summed E-state index contributed by atoms with van der Waals surface area (Å²) in [6.07, 6.45) is 10.4. The molecule has 0 aliphatic carbocycles. The molecule has 0 aromatic carbocycles. The summed E-state index contributed by atoms with van der Waals surface area (Å²) >= 11 is 0. The maximum atomic E-state index is 4.04. The third-order valence-corrected chi connectivity index (χ3v) is 1.38. The van der Waals surface area contributed by atoms with Gasteiger partial charge in [-0.15, -0.1) is 0 Å². The lowest BCUT2D eigenvalue weighted by Crippen LogP contribution is -1.86. The first-order valence-electron chi connectivity index (χ1n) is 3.60. The third-order valence-electron chi connectivity index (χ3n) is 1.38. The number of hydrogen-bond acceptors (Lipinski definition) is 2. The van der Waals surface area contributed by atoms with Gasteiger partial charge in [0.2, 0.25) is 0 Å². The number of hydrogen-bond donors (Lipinski definition) is 0. The monoisotopic (exact) mass is 158 g/mol.